The van der Waals surface area contributed by atoms with Crippen LogP contribution in [-0.4, -0.2) is 35.3 Å². The fraction of sp³-hybridized carbons (Fsp3) is 0.550. The fourth-order valence-corrected chi connectivity index (χ4v) is 2.99. The van der Waals surface area contributed by atoms with Gasteiger partial charge in [-0.3, -0.25) is 9.59 Å². The molecule has 4 atom stereocenters. The molecular formula is C20H26O5. The molecule has 2 fully saturated rings. The number of esters is 1. The van der Waals surface area contributed by atoms with Crippen molar-refractivity contribution < 1.29 is 23.9 Å². The molecule has 1 heterocycles. The van der Waals surface area contributed by atoms with Gasteiger partial charge >= 0.3 is 5.97 Å². The van der Waals surface area contributed by atoms with E-state index in [-0.39, 0.29) is 24.1 Å². The van der Waals surface area contributed by atoms with Gasteiger partial charge in [0.1, 0.15) is 0 Å². The van der Waals surface area contributed by atoms with Crippen LogP contribution in [0.25, 0.3) is 0 Å². The lowest BCUT2D eigenvalue weighted by Gasteiger charge is -2.31. The zero-order chi connectivity index (χ0) is 18.9. The summed E-state index contributed by atoms with van der Waals surface area (Å²) < 4.78 is 11.0. The van der Waals surface area contributed by atoms with E-state index in [0.717, 1.165) is 5.57 Å². The Hall–Kier alpha value is -2.01. The van der Waals surface area contributed by atoms with Crippen LogP contribution in [0.4, 0.5) is 0 Å². The first-order valence-electron chi connectivity index (χ1n) is 8.53. The predicted molar refractivity (Wildman–Crippen MR) is 93.9 cm³/mol. The van der Waals surface area contributed by atoms with Crippen LogP contribution in [-0.2, 0) is 23.9 Å². The van der Waals surface area contributed by atoms with Crippen LogP contribution in [0.2, 0.25) is 0 Å². The van der Waals surface area contributed by atoms with Gasteiger partial charge in [0.05, 0.1) is 6.10 Å². The number of allylic oxidation sites excluding steroid dienone is 3. The SMILES string of the molecule is C=C(C(=O)CC=C(C)C)C1CC2OC2(C)C(=O)C1OC(=O)C(C)=CC. The predicted octanol–water partition coefficient (Wildman–Crippen LogP) is 3.09. The van der Waals surface area contributed by atoms with Crippen LogP contribution < -0.4 is 0 Å². The molecule has 1 aliphatic carbocycles. The number of Topliss-reactive ketones (excluding diaryl/α,β-unsaturated/α-hetero) is 2. The Balaban J connectivity index is 2.22. The summed E-state index contributed by atoms with van der Waals surface area (Å²) in [6, 6.07) is 0. The summed E-state index contributed by atoms with van der Waals surface area (Å²) in [6.07, 6.45) is 2.85. The van der Waals surface area contributed by atoms with E-state index in [4.69, 9.17) is 9.47 Å². The van der Waals surface area contributed by atoms with Crippen molar-refractivity contribution in [1.29, 1.82) is 0 Å². The van der Waals surface area contributed by atoms with Gasteiger partial charge in [-0.25, -0.2) is 4.79 Å². The van der Waals surface area contributed by atoms with E-state index >= 15 is 0 Å². The van der Waals surface area contributed by atoms with Gasteiger partial charge in [0, 0.05) is 17.9 Å². The molecule has 0 amide bonds. The Bertz CT molecular complexity index is 680. The van der Waals surface area contributed by atoms with Crippen LogP contribution in [0.1, 0.15) is 47.5 Å². The van der Waals surface area contributed by atoms with Gasteiger partial charge in [-0.05, 0) is 46.6 Å². The van der Waals surface area contributed by atoms with Gasteiger partial charge in [0.15, 0.2) is 17.5 Å². The molecule has 0 aromatic heterocycles. The zero-order valence-electron chi connectivity index (χ0n) is 15.5. The van der Waals surface area contributed by atoms with Gasteiger partial charge in [0.25, 0.3) is 0 Å². The Morgan fingerprint density at radius 2 is 2.00 bits per heavy atom. The molecule has 0 radical (unpaired) electrons. The van der Waals surface area contributed by atoms with Gasteiger partial charge in [-0.1, -0.05) is 24.3 Å². The van der Waals surface area contributed by atoms with Crippen LogP contribution in [0.5, 0.6) is 0 Å². The molecule has 0 N–H and O–H groups in total. The molecule has 1 saturated carbocycles. The molecule has 4 unspecified atom stereocenters. The quantitative estimate of drug-likeness (QED) is 0.320. The molecule has 5 nitrogen and oxygen atoms in total. The van der Waals surface area contributed by atoms with Crippen molar-refractivity contribution >= 4 is 17.5 Å². The Morgan fingerprint density at radius 3 is 2.56 bits per heavy atom. The minimum absolute atomic E-state index is 0.146. The highest BCUT2D eigenvalue weighted by Gasteiger charge is 2.66. The summed E-state index contributed by atoms with van der Waals surface area (Å²) in [5.74, 6) is -1.54. The van der Waals surface area contributed by atoms with Crippen LogP contribution in [0.15, 0.2) is 35.5 Å². The maximum atomic E-state index is 12.8. The van der Waals surface area contributed by atoms with Gasteiger partial charge in [-0.2, -0.15) is 0 Å². The largest absolute Gasteiger partial charge is 0.450 e. The number of epoxide rings is 1. The molecule has 1 saturated heterocycles. The first kappa shape index (κ1) is 19.3. The summed E-state index contributed by atoms with van der Waals surface area (Å²) in [5, 5.41) is 0. The van der Waals surface area contributed by atoms with Crippen LogP contribution >= 0.6 is 0 Å². The van der Waals surface area contributed by atoms with Crippen molar-refractivity contribution in [3.63, 3.8) is 0 Å². The number of hydrogen-bond donors (Lipinski definition) is 0. The van der Waals surface area contributed by atoms with Gasteiger partial charge < -0.3 is 9.47 Å². The normalized spacial score (nSPS) is 31.0. The topological polar surface area (TPSA) is 73.0 Å². The minimum Gasteiger partial charge on any atom is -0.450 e. The molecule has 0 bridgehead atoms. The number of hydrogen-bond acceptors (Lipinski definition) is 5. The number of ether oxygens (including phenoxy) is 2. The summed E-state index contributed by atoms with van der Waals surface area (Å²) in [6.45, 7) is 12.8. The van der Waals surface area contributed by atoms with Crippen molar-refractivity contribution in [1.82, 2.24) is 0 Å². The standard InChI is InChI=1S/C20H26O5/c1-7-12(4)19(23)24-17-14(10-16-20(6,25-16)18(17)22)13(5)15(21)9-8-11(2)3/h7-8,14,16-17H,5,9-10H2,1-4,6H3. The highest BCUT2D eigenvalue weighted by atomic mass is 16.6. The van der Waals surface area contributed by atoms with E-state index in [1.807, 2.05) is 19.9 Å². The lowest BCUT2D eigenvalue weighted by Crippen LogP contribution is -2.48. The van der Waals surface area contributed by atoms with E-state index in [1.165, 1.54) is 0 Å². The lowest BCUT2D eigenvalue weighted by molar-refractivity contribution is -0.157. The molecule has 1 aliphatic heterocycles. The molecule has 0 spiro atoms. The Morgan fingerprint density at radius 1 is 1.36 bits per heavy atom. The van der Waals surface area contributed by atoms with Crippen molar-refractivity contribution in [3.8, 4) is 0 Å². The first-order chi connectivity index (χ1) is 11.6. The molecule has 136 valence electrons. The first-order valence-corrected chi connectivity index (χ1v) is 8.53. The average molecular weight is 346 g/mol. The molecular weight excluding hydrogens is 320 g/mol. The number of rotatable bonds is 6. The number of carbonyl (C=O) groups excluding carboxylic acids is 3. The highest BCUT2D eigenvalue weighted by molar-refractivity contribution is 6.02. The third-order valence-corrected chi connectivity index (χ3v) is 5.02. The second-order valence-electron chi connectivity index (χ2n) is 7.15. The Kier molecular flexibility index (Phi) is 5.47. The zero-order valence-corrected chi connectivity index (χ0v) is 15.5. The highest BCUT2D eigenvalue weighted by Crippen LogP contribution is 2.49. The van der Waals surface area contributed by atoms with Crippen molar-refractivity contribution in [2.75, 3.05) is 0 Å². The average Bonchev–Trinajstić information content (AvgIpc) is 3.25. The van der Waals surface area contributed by atoms with E-state index in [0.29, 0.717) is 17.6 Å². The second kappa shape index (κ2) is 7.08. The minimum atomic E-state index is -1.03. The van der Waals surface area contributed by atoms with Gasteiger partial charge in [-0.15, -0.1) is 0 Å². The van der Waals surface area contributed by atoms with E-state index < -0.39 is 23.6 Å². The van der Waals surface area contributed by atoms with Crippen molar-refractivity contribution in [2.24, 2.45) is 5.92 Å². The maximum absolute atomic E-state index is 12.8. The molecule has 2 rings (SSSR count). The van der Waals surface area contributed by atoms with E-state index in [9.17, 15) is 14.4 Å². The molecule has 0 aromatic rings. The summed E-state index contributed by atoms with van der Waals surface area (Å²) in [5.41, 5.74) is 0.858. The summed E-state index contributed by atoms with van der Waals surface area (Å²) in [7, 11) is 0. The monoisotopic (exact) mass is 346 g/mol. The van der Waals surface area contributed by atoms with E-state index in [1.54, 1.807) is 26.8 Å². The molecule has 2 aliphatic rings. The molecule has 25 heavy (non-hydrogen) atoms. The number of ketones is 2. The smallest absolute Gasteiger partial charge is 0.334 e. The summed E-state index contributed by atoms with van der Waals surface area (Å²) >= 11 is 0. The fourth-order valence-electron chi connectivity index (χ4n) is 2.99. The van der Waals surface area contributed by atoms with Crippen LogP contribution in [0, 0.1) is 5.92 Å². The lowest BCUT2D eigenvalue weighted by atomic mass is 9.75. The number of carbonyl (C=O) groups is 3. The second-order valence-corrected chi connectivity index (χ2v) is 7.15. The van der Waals surface area contributed by atoms with Crippen LogP contribution in [0.3, 0.4) is 0 Å². The molecule has 0 aromatic carbocycles. The van der Waals surface area contributed by atoms with E-state index in [2.05, 4.69) is 6.58 Å². The number of fused-ring (bicyclic) bond motifs is 1. The van der Waals surface area contributed by atoms with Gasteiger partial charge in [0.2, 0.25) is 5.78 Å². The Labute approximate surface area is 148 Å². The van der Waals surface area contributed by atoms with Crippen molar-refractivity contribution in [3.05, 3.63) is 35.5 Å². The summed E-state index contributed by atoms with van der Waals surface area (Å²) in [4.78, 5) is 37.3. The van der Waals surface area contributed by atoms with Crippen molar-refractivity contribution in [2.45, 2.75) is 65.3 Å². The maximum Gasteiger partial charge on any atom is 0.334 e. The third-order valence-electron chi connectivity index (χ3n) is 5.02. The molecule has 5 heteroatoms. The third kappa shape index (κ3) is 3.82.